The lowest BCUT2D eigenvalue weighted by Gasteiger charge is -2.12. The van der Waals surface area contributed by atoms with E-state index in [2.05, 4.69) is 10.7 Å². The lowest BCUT2D eigenvalue weighted by atomic mass is 10.1. The molecule has 2 aromatic carbocycles. The zero-order valence-electron chi connectivity index (χ0n) is 11.2. The van der Waals surface area contributed by atoms with Gasteiger partial charge in [0.05, 0.1) is 23.5 Å². The molecule has 0 saturated carbocycles. The third kappa shape index (κ3) is 3.07. The molecule has 0 saturated heterocycles. The van der Waals surface area contributed by atoms with E-state index in [0.29, 0.717) is 29.3 Å². The summed E-state index contributed by atoms with van der Waals surface area (Å²) in [4.78, 5) is 12.3. The van der Waals surface area contributed by atoms with Crippen molar-refractivity contribution >= 4 is 17.3 Å². The van der Waals surface area contributed by atoms with Gasteiger partial charge in [0.1, 0.15) is 5.75 Å². The van der Waals surface area contributed by atoms with Crippen molar-refractivity contribution in [2.45, 2.75) is 6.92 Å². The van der Waals surface area contributed by atoms with Crippen LogP contribution in [0.4, 0.5) is 11.4 Å². The maximum Gasteiger partial charge on any atom is 0.257 e. The van der Waals surface area contributed by atoms with E-state index in [1.807, 2.05) is 25.1 Å². The zero-order valence-corrected chi connectivity index (χ0v) is 11.2. The molecule has 0 radical (unpaired) electrons. The zero-order chi connectivity index (χ0) is 14.4. The molecule has 0 bridgehead atoms. The lowest BCUT2D eigenvalue weighted by Crippen LogP contribution is -2.17. The van der Waals surface area contributed by atoms with Gasteiger partial charge in [-0.15, -0.1) is 0 Å². The topological polar surface area (TPSA) is 76.4 Å². The highest BCUT2D eigenvalue weighted by atomic mass is 16.5. The van der Waals surface area contributed by atoms with Gasteiger partial charge >= 0.3 is 0 Å². The van der Waals surface area contributed by atoms with Crippen LogP contribution < -0.4 is 21.3 Å². The van der Waals surface area contributed by atoms with Crippen molar-refractivity contribution in [1.82, 2.24) is 0 Å². The summed E-state index contributed by atoms with van der Waals surface area (Å²) in [5, 5.41) is 2.83. The van der Waals surface area contributed by atoms with Crippen LogP contribution in [0.5, 0.6) is 5.75 Å². The second-order valence-corrected chi connectivity index (χ2v) is 4.07. The van der Waals surface area contributed by atoms with Crippen molar-refractivity contribution in [3.8, 4) is 5.75 Å². The Bertz CT molecular complexity index is 599. The maximum absolute atomic E-state index is 12.3. The Labute approximate surface area is 117 Å². The quantitative estimate of drug-likeness (QED) is 0.577. The van der Waals surface area contributed by atoms with E-state index in [1.54, 1.807) is 30.3 Å². The summed E-state index contributed by atoms with van der Waals surface area (Å²) in [5.74, 6) is 5.80. The Morgan fingerprint density at radius 2 is 1.75 bits per heavy atom. The van der Waals surface area contributed by atoms with Gasteiger partial charge in [0.25, 0.3) is 5.91 Å². The fourth-order valence-electron chi connectivity index (χ4n) is 1.85. The molecule has 5 heteroatoms. The number of anilines is 2. The number of carbonyl (C=O) groups excluding carboxylic acids is 1. The summed E-state index contributed by atoms with van der Waals surface area (Å²) in [6.45, 7) is 2.43. The second kappa shape index (κ2) is 6.58. The summed E-state index contributed by atoms with van der Waals surface area (Å²) in [5.41, 5.74) is 4.18. The molecule has 0 atom stereocenters. The Morgan fingerprint density at radius 1 is 1.10 bits per heavy atom. The SMILES string of the molecule is CCOc1ccccc1NC(=O)c1ccccc1NN. The van der Waals surface area contributed by atoms with Crippen LogP contribution in [0.3, 0.4) is 0 Å². The van der Waals surface area contributed by atoms with E-state index in [0.717, 1.165) is 0 Å². The van der Waals surface area contributed by atoms with Crippen LogP contribution in [0.25, 0.3) is 0 Å². The van der Waals surface area contributed by atoms with Crippen LogP contribution in [0.1, 0.15) is 17.3 Å². The molecule has 20 heavy (non-hydrogen) atoms. The van der Waals surface area contributed by atoms with Gasteiger partial charge in [-0.25, -0.2) is 0 Å². The number of hydrogen-bond donors (Lipinski definition) is 3. The van der Waals surface area contributed by atoms with E-state index < -0.39 is 0 Å². The molecule has 0 aromatic heterocycles. The van der Waals surface area contributed by atoms with E-state index in [9.17, 15) is 4.79 Å². The van der Waals surface area contributed by atoms with Crippen molar-refractivity contribution in [1.29, 1.82) is 0 Å². The van der Waals surface area contributed by atoms with Gasteiger partial charge in [-0.1, -0.05) is 24.3 Å². The minimum Gasteiger partial charge on any atom is -0.492 e. The number of benzene rings is 2. The van der Waals surface area contributed by atoms with Gasteiger partial charge in [0, 0.05) is 0 Å². The van der Waals surface area contributed by atoms with Crippen molar-refractivity contribution in [2.24, 2.45) is 5.84 Å². The number of amides is 1. The van der Waals surface area contributed by atoms with Gasteiger partial charge in [-0.05, 0) is 31.2 Å². The molecule has 0 fully saturated rings. The number of hydrogen-bond acceptors (Lipinski definition) is 4. The number of hydrazine groups is 1. The molecule has 2 aromatic rings. The van der Waals surface area contributed by atoms with Crippen LogP contribution in [0.2, 0.25) is 0 Å². The van der Waals surface area contributed by atoms with E-state index in [4.69, 9.17) is 10.6 Å². The molecule has 0 heterocycles. The molecule has 2 rings (SSSR count). The average Bonchev–Trinajstić information content (AvgIpc) is 2.49. The molecule has 5 nitrogen and oxygen atoms in total. The standard InChI is InChI=1S/C15H17N3O2/c1-2-20-14-10-6-5-9-13(14)17-15(19)11-7-3-4-8-12(11)18-16/h3-10,18H,2,16H2,1H3,(H,17,19). The predicted octanol–water partition coefficient (Wildman–Crippen LogP) is 2.62. The second-order valence-electron chi connectivity index (χ2n) is 4.07. The van der Waals surface area contributed by atoms with Crippen LogP contribution >= 0.6 is 0 Å². The van der Waals surface area contributed by atoms with Crippen LogP contribution in [-0.4, -0.2) is 12.5 Å². The molecule has 4 N–H and O–H groups in total. The Kier molecular flexibility index (Phi) is 4.57. The fourth-order valence-corrected chi connectivity index (χ4v) is 1.85. The Balaban J connectivity index is 2.24. The first kappa shape index (κ1) is 13.9. The fraction of sp³-hybridized carbons (Fsp3) is 0.133. The van der Waals surface area contributed by atoms with Gasteiger partial charge < -0.3 is 15.5 Å². The summed E-state index contributed by atoms with van der Waals surface area (Å²) in [6.07, 6.45) is 0. The maximum atomic E-state index is 12.3. The lowest BCUT2D eigenvalue weighted by molar-refractivity contribution is 0.102. The number of nitrogens with one attached hydrogen (secondary N) is 2. The Morgan fingerprint density at radius 3 is 2.45 bits per heavy atom. The number of para-hydroxylation sites is 3. The summed E-state index contributed by atoms with van der Waals surface area (Å²) >= 11 is 0. The molecule has 1 amide bonds. The van der Waals surface area contributed by atoms with Crippen molar-refractivity contribution in [2.75, 3.05) is 17.3 Å². The highest BCUT2D eigenvalue weighted by molar-refractivity contribution is 6.08. The minimum absolute atomic E-state index is 0.245. The first-order valence-electron chi connectivity index (χ1n) is 6.35. The Hall–Kier alpha value is -2.53. The highest BCUT2D eigenvalue weighted by Gasteiger charge is 2.12. The summed E-state index contributed by atoms with van der Waals surface area (Å²) in [6, 6.07) is 14.3. The molecular formula is C15H17N3O2. The summed E-state index contributed by atoms with van der Waals surface area (Å²) in [7, 11) is 0. The third-order valence-corrected chi connectivity index (χ3v) is 2.76. The average molecular weight is 271 g/mol. The van der Waals surface area contributed by atoms with E-state index >= 15 is 0 Å². The van der Waals surface area contributed by atoms with Crippen LogP contribution in [0.15, 0.2) is 48.5 Å². The largest absolute Gasteiger partial charge is 0.492 e. The molecule has 0 aliphatic heterocycles. The van der Waals surface area contributed by atoms with Gasteiger partial charge in [0.2, 0.25) is 0 Å². The van der Waals surface area contributed by atoms with Crippen LogP contribution in [0, 0.1) is 0 Å². The molecule has 0 aliphatic rings. The first-order chi connectivity index (χ1) is 9.76. The summed E-state index contributed by atoms with van der Waals surface area (Å²) < 4.78 is 5.48. The molecule has 0 unspecified atom stereocenters. The van der Waals surface area contributed by atoms with Crippen LogP contribution in [-0.2, 0) is 0 Å². The minimum atomic E-state index is -0.245. The number of carbonyl (C=O) groups is 1. The monoisotopic (exact) mass is 271 g/mol. The van der Waals surface area contributed by atoms with E-state index in [-0.39, 0.29) is 5.91 Å². The molecule has 104 valence electrons. The van der Waals surface area contributed by atoms with Gasteiger partial charge in [-0.2, -0.15) is 0 Å². The molecular weight excluding hydrogens is 254 g/mol. The third-order valence-electron chi connectivity index (χ3n) is 2.76. The number of nitrogen functional groups attached to an aromatic ring is 1. The first-order valence-corrected chi connectivity index (χ1v) is 6.35. The molecule has 0 aliphatic carbocycles. The van der Waals surface area contributed by atoms with Gasteiger partial charge in [0.15, 0.2) is 0 Å². The van der Waals surface area contributed by atoms with Gasteiger partial charge in [-0.3, -0.25) is 10.6 Å². The smallest absolute Gasteiger partial charge is 0.257 e. The molecule has 0 spiro atoms. The van der Waals surface area contributed by atoms with Crippen molar-refractivity contribution in [3.05, 3.63) is 54.1 Å². The number of nitrogens with two attached hydrogens (primary N) is 1. The predicted molar refractivity (Wildman–Crippen MR) is 79.8 cm³/mol. The highest BCUT2D eigenvalue weighted by Crippen LogP contribution is 2.25. The van der Waals surface area contributed by atoms with Crippen molar-refractivity contribution < 1.29 is 9.53 Å². The number of ether oxygens (including phenoxy) is 1. The van der Waals surface area contributed by atoms with Crippen molar-refractivity contribution in [3.63, 3.8) is 0 Å². The number of rotatable bonds is 5. The normalized spacial score (nSPS) is 9.90. The van der Waals surface area contributed by atoms with E-state index in [1.165, 1.54) is 0 Å².